The lowest BCUT2D eigenvalue weighted by Crippen LogP contribution is -2.29. The summed E-state index contributed by atoms with van der Waals surface area (Å²) in [5, 5.41) is 4.51. The normalized spacial score (nSPS) is 14.2. The molecule has 4 aromatic rings. The molecule has 0 aliphatic heterocycles. The first-order valence-electron chi connectivity index (χ1n) is 11.2. The van der Waals surface area contributed by atoms with Crippen molar-refractivity contribution < 1.29 is 22.3 Å². The quantitative estimate of drug-likeness (QED) is 0.304. The van der Waals surface area contributed by atoms with Gasteiger partial charge in [0.1, 0.15) is 17.3 Å². The van der Waals surface area contributed by atoms with Gasteiger partial charge in [0.15, 0.2) is 0 Å². The van der Waals surface area contributed by atoms with Crippen molar-refractivity contribution in [3.63, 3.8) is 0 Å². The summed E-state index contributed by atoms with van der Waals surface area (Å²) >= 11 is 0.498. The average Bonchev–Trinajstić information content (AvgIpc) is 3.61. The number of benzene rings is 2. The number of aromatic nitrogens is 2. The number of nitrogens with two attached hydrogens (primary N) is 1. The molecule has 0 bridgehead atoms. The first-order valence-corrected chi connectivity index (χ1v) is 13.0. The number of carbonyl (C=O) groups is 1. The molecule has 2 aromatic heterocycles. The summed E-state index contributed by atoms with van der Waals surface area (Å²) in [7, 11) is 0. The van der Waals surface area contributed by atoms with E-state index < -0.39 is 28.8 Å². The molecule has 0 radical (unpaired) electrons. The third-order valence-electron chi connectivity index (χ3n) is 6.20. The molecule has 1 aliphatic carbocycles. The van der Waals surface area contributed by atoms with Crippen LogP contribution in [-0.2, 0) is 17.7 Å². The van der Waals surface area contributed by atoms with E-state index in [-0.39, 0.29) is 30.1 Å². The van der Waals surface area contributed by atoms with Crippen molar-refractivity contribution in [2.24, 2.45) is 5.73 Å². The number of primary amides is 1. The smallest absolute Gasteiger partial charge is 0.253 e. The van der Waals surface area contributed by atoms with Crippen molar-refractivity contribution in [3.05, 3.63) is 87.5 Å². The molecule has 2 heterocycles. The maximum atomic E-state index is 14.0. The molecule has 1 saturated carbocycles. The molecule has 5 rings (SSSR count). The third kappa shape index (κ3) is 4.78. The average molecular weight is 574 g/mol. The summed E-state index contributed by atoms with van der Waals surface area (Å²) in [5.74, 6) is -1.42. The number of hydrogen-bond acceptors (Lipinski definition) is 4. The molecular weight excluding hydrogens is 554 g/mol. The van der Waals surface area contributed by atoms with Gasteiger partial charge in [-0.05, 0) is 94.7 Å². The Kier molecular flexibility index (Phi) is 6.62. The lowest BCUT2D eigenvalue weighted by atomic mass is 10.0. The maximum absolute atomic E-state index is 14.0. The van der Waals surface area contributed by atoms with E-state index in [0.29, 0.717) is 26.8 Å². The van der Waals surface area contributed by atoms with Crippen LogP contribution in [0.3, 0.4) is 0 Å². The van der Waals surface area contributed by atoms with Crippen molar-refractivity contribution >= 4 is 44.3 Å². The molecular formula is C25H20BrF2N4O3S-. The minimum Gasteiger partial charge on any atom is -0.755 e. The second kappa shape index (κ2) is 9.72. The molecule has 2 N–H and O–H groups in total. The van der Waals surface area contributed by atoms with Crippen LogP contribution in [0.2, 0.25) is 0 Å². The van der Waals surface area contributed by atoms with Crippen molar-refractivity contribution in [3.8, 4) is 11.3 Å². The van der Waals surface area contributed by atoms with Crippen LogP contribution in [0.15, 0.2) is 59.2 Å². The van der Waals surface area contributed by atoms with Crippen LogP contribution in [0.5, 0.6) is 0 Å². The molecule has 186 valence electrons. The fourth-order valence-electron chi connectivity index (χ4n) is 4.28. The predicted octanol–water partition coefficient (Wildman–Crippen LogP) is 4.86. The number of pyridine rings is 1. The van der Waals surface area contributed by atoms with Gasteiger partial charge >= 0.3 is 0 Å². The number of halogens is 3. The number of anilines is 1. The summed E-state index contributed by atoms with van der Waals surface area (Å²) in [4.78, 5) is 12.4. The fourth-order valence-corrected chi connectivity index (χ4v) is 5.08. The lowest BCUT2D eigenvalue weighted by molar-refractivity contribution is 0.100. The fraction of sp³-hybridized carbons (Fsp3) is 0.200. The first-order chi connectivity index (χ1) is 17.2. The van der Waals surface area contributed by atoms with E-state index in [1.165, 1.54) is 39.2 Å². The lowest BCUT2D eigenvalue weighted by Gasteiger charge is -2.28. The van der Waals surface area contributed by atoms with Crippen molar-refractivity contribution in [2.45, 2.75) is 25.2 Å². The minimum absolute atomic E-state index is 0.0805. The summed E-state index contributed by atoms with van der Waals surface area (Å²) in [6.07, 6.45) is 3.61. The Labute approximate surface area is 216 Å². The van der Waals surface area contributed by atoms with Crippen LogP contribution in [0.4, 0.5) is 14.5 Å². The number of nitrogens with zero attached hydrogens (tertiary/aromatic N) is 3. The van der Waals surface area contributed by atoms with E-state index in [1.54, 1.807) is 24.4 Å². The van der Waals surface area contributed by atoms with Gasteiger partial charge in [-0.25, -0.2) is 13.3 Å². The van der Waals surface area contributed by atoms with Crippen molar-refractivity contribution in [2.75, 3.05) is 10.8 Å². The zero-order valence-electron chi connectivity index (χ0n) is 18.8. The molecule has 1 amide bonds. The summed E-state index contributed by atoms with van der Waals surface area (Å²) in [6, 6.07) is 12.0. The molecule has 1 atom stereocenters. The van der Waals surface area contributed by atoms with E-state index in [9.17, 15) is 22.3 Å². The Morgan fingerprint density at radius 2 is 1.92 bits per heavy atom. The third-order valence-corrected chi connectivity index (χ3v) is 7.58. The van der Waals surface area contributed by atoms with Crippen molar-refractivity contribution in [1.82, 2.24) is 9.61 Å². The number of fused-ring (bicyclic) bond motifs is 1. The molecule has 7 nitrogen and oxygen atoms in total. The van der Waals surface area contributed by atoms with Crippen molar-refractivity contribution in [1.29, 1.82) is 0 Å². The highest BCUT2D eigenvalue weighted by Gasteiger charge is 2.31. The van der Waals surface area contributed by atoms with Gasteiger partial charge in [-0.1, -0.05) is 6.07 Å². The molecule has 36 heavy (non-hydrogen) atoms. The van der Waals surface area contributed by atoms with Gasteiger partial charge in [0, 0.05) is 23.4 Å². The van der Waals surface area contributed by atoms with Gasteiger partial charge in [-0.15, -0.1) is 0 Å². The second-order valence-electron chi connectivity index (χ2n) is 8.63. The summed E-state index contributed by atoms with van der Waals surface area (Å²) < 4.78 is 55.0. The zero-order chi connectivity index (χ0) is 25.6. The van der Waals surface area contributed by atoms with Crippen LogP contribution in [0.25, 0.3) is 16.8 Å². The van der Waals surface area contributed by atoms with Crippen LogP contribution in [0.1, 0.15) is 40.2 Å². The number of rotatable bonds is 8. The summed E-state index contributed by atoms with van der Waals surface area (Å²) in [5.41, 5.74) is 8.95. The molecule has 2 aromatic carbocycles. The Bertz CT molecular complexity index is 1510. The van der Waals surface area contributed by atoms with Gasteiger partial charge in [0.05, 0.1) is 27.4 Å². The molecule has 0 saturated heterocycles. The van der Waals surface area contributed by atoms with E-state index in [1.807, 2.05) is 0 Å². The minimum atomic E-state index is -2.62. The van der Waals surface area contributed by atoms with Gasteiger partial charge in [0.2, 0.25) is 0 Å². The zero-order valence-corrected chi connectivity index (χ0v) is 21.2. The Morgan fingerprint density at radius 3 is 2.53 bits per heavy atom. The van der Waals surface area contributed by atoms with Gasteiger partial charge < -0.3 is 14.6 Å². The number of amides is 1. The number of carbonyl (C=O) groups excluding carboxylic acids is 1. The highest BCUT2D eigenvalue weighted by molar-refractivity contribution is 9.10. The Morgan fingerprint density at radius 1 is 1.19 bits per heavy atom. The van der Waals surface area contributed by atoms with Gasteiger partial charge in [0.25, 0.3) is 5.91 Å². The van der Waals surface area contributed by atoms with Crippen LogP contribution in [0, 0.1) is 11.6 Å². The summed E-state index contributed by atoms with van der Waals surface area (Å²) in [6.45, 7) is 0.0805. The standard InChI is InChI=1S/C25H21BrF2N4O3S/c26-19-8-1-14(11-20(19)28)9-10-32(36(34)35)22-13-31-21(12-18(22)15-2-3-15)23(25(29)33)24(30-31)16-4-6-17(27)7-5-16/h1,4-8,11-13,15H,2-3,9-10H2,(H2,29,33)(H,34,35)/p-1. The van der Waals surface area contributed by atoms with Gasteiger partial charge in [-0.2, -0.15) is 5.10 Å². The maximum Gasteiger partial charge on any atom is 0.253 e. The predicted molar refractivity (Wildman–Crippen MR) is 135 cm³/mol. The SMILES string of the molecule is NC(=O)c1c(-c2ccc(F)cc2)nn2cc(N(CCc3ccc(Br)c(F)c3)S(=O)[O-])c(C3CC3)cc12. The monoisotopic (exact) mass is 573 g/mol. The highest BCUT2D eigenvalue weighted by Crippen LogP contribution is 2.46. The Hall–Kier alpha value is -3.15. The van der Waals surface area contributed by atoms with Gasteiger partial charge in [-0.3, -0.25) is 9.00 Å². The van der Waals surface area contributed by atoms with Crippen LogP contribution >= 0.6 is 15.9 Å². The largest absolute Gasteiger partial charge is 0.755 e. The van der Waals surface area contributed by atoms with Crippen LogP contribution in [-0.4, -0.2) is 30.8 Å². The first kappa shape index (κ1) is 24.5. The van der Waals surface area contributed by atoms with E-state index in [4.69, 9.17) is 5.73 Å². The van der Waals surface area contributed by atoms with E-state index >= 15 is 0 Å². The van der Waals surface area contributed by atoms with E-state index in [2.05, 4.69) is 21.0 Å². The second-order valence-corrected chi connectivity index (χ2v) is 10.4. The molecule has 1 fully saturated rings. The number of hydrogen-bond donors (Lipinski definition) is 1. The molecule has 1 aliphatic rings. The molecule has 11 heteroatoms. The highest BCUT2D eigenvalue weighted by atomic mass is 79.9. The van der Waals surface area contributed by atoms with Crippen LogP contribution < -0.4 is 10.0 Å². The molecule has 0 spiro atoms. The molecule has 1 unspecified atom stereocenters. The Balaban J connectivity index is 1.60. The van der Waals surface area contributed by atoms with E-state index in [0.717, 1.165) is 18.4 Å². The topological polar surface area (TPSA) is 104 Å².